The van der Waals surface area contributed by atoms with E-state index in [-0.39, 0.29) is 17.2 Å². The highest BCUT2D eigenvalue weighted by Crippen LogP contribution is 2.36. The van der Waals surface area contributed by atoms with Gasteiger partial charge in [0.25, 0.3) is 5.91 Å². The van der Waals surface area contributed by atoms with Gasteiger partial charge in [0, 0.05) is 16.8 Å². The van der Waals surface area contributed by atoms with Crippen LogP contribution in [0.4, 0.5) is 13.2 Å². The lowest BCUT2D eigenvalue weighted by molar-refractivity contribution is -0.137. The number of carbonyl (C=O) groups is 1. The fraction of sp³-hybridized carbons (Fsp3) is 0.250. The van der Waals surface area contributed by atoms with Gasteiger partial charge in [0.05, 0.1) is 5.56 Å². The number of carbonyl (C=O) groups excluding carboxylic acids is 1. The average Bonchev–Trinajstić information content (AvgIpc) is 2.45. The van der Waals surface area contributed by atoms with Crippen molar-refractivity contribution in [1.82, 2.24) is 4.98 Å². The molecule has 1 aromatic carbocycles. The second-order valence-electron chi connectivity index (χ2n) is 5.37. The Bertz CT molecular complexity index is 757. The quantitative estimate of drug-likeness (QED) is 0.883. The largest absolute Gasteiger partial charge is 0.417 e. The number of rotatable bonds is 3. The first-order chi connectivity index (χ1) is 10.6. The fourth-order valence-corrected chi connectivity index (χ4v) is 2.46. The lowest BCUT2D eigenvalue weighted by Gasteiger charge is -2.17. The van der Waals surface area contributed by atoms with Gasteiger partial charge in [-0.25, -0.2) is 4.98 Å². The van der Waals surface area contributed by atoms with Crippen LogP contribution in [0.15, 0.2) is 30.5 Å². The highest BCUT2D eigenvalue weighted by Gasteiger charge is 2.32. The molecule has 2 aromatic rings. The normalized spacial score (nSPS) is 11.8. The van der Waals surface area contributed by atoms with E-state index in [0.29, 0.717) is 22.3 Å². The molecule has 0 saturated heterocycles. The van der Waals surface area contributed by atoms with Crippen molar-refractivity contribution in [2.45, 2.75) is 25.9 Å². The molecule has 0 radical (unpaired) electrons. The van der Waals surface area contributed by atoms with Gasteiger partial charge >= 0.3 is 6.18 Å². The number of nitrogens with zero attached hydrogens (tertiary/aromatic N) is 1. The number of halogens is 4. The number of benzene rings is 1. The molecule has 2 rings (SSSR count). The Morgan fingerprint density at radius 1 is 1.22 bits per heavy atom. The molecule has 122 valence electrons. The molecule has 1 heterocycles. The van der Waals surface area contributed by atoms with Crippen LogP contribution in [0.1, 0.15) is 41.4 Å². The molecular formula is C16H14ClF3N2O. The van der Waals surface area contributed by atoms with Crippen LogP contribution in [-0.4, -0.2) is 10.9 Å². The second kappa shape index (κ2) is 6.20. The van der Waals surface area contributed by atoms with E-state index in [1.165, 1.54) is 0 Å². The van der Waals surface area contributed by atoms with Gasteiger partial charge in [-0.3, -0.25) is 4.79 Å². The number of alkyl halides is 3. The van der Waals surface area contributed by atoms with Crippen molar-refractivity contribution < 1.29 is 18.0 Å². The lowest BCUT2D eigenvalue weighted by Crippen LogP contribution is -2.17. The third kappa shape index (κ3) is 3.64. The number of aromatic nitrogens is 1. The molecule has 0 atom stereocenters. The minimum absolute atomic E-state index is 0.0148. The molecule has 0 saturated carbocycles. The van der Waals surface area contributed by atoms with Crippen molar-refractivity contribution in [3.05, 3.63) is 52.3 Å². The summed E-state index contributed by atoms with van der Waals surface area (Å²) in [5, 5.41) is 0.456. The van der Waals surface area contributed by atoms with Gasteiger partial charge < -0.3 is 5.73 Å². The standard InChI is InChI=1S/C16H14ClF3N2O/c1-8(2)12-6-10(17)3-4-11(12)13-5-9(16(18,19)20)7-22-14(13)15(21)23/h3-8H,1-2H3,(H2,21,23). The van der Waals surface area contributed by atoms with E-state index in [0.717, 1.165) is 6.07 Å². The molecule has 2 N–H and O–H groups in total. The molecule has 0 fully saturated rings. The summed E-state index contributed by atoms with van der Waals surface area (Å²) in [5.74, 6) is -0.905. The summed E-state index contributed by atoms with van der Waals surface area (Å²) in [7, 11) is 0. The number of hydrogen-bond donors (Lipinski definition) is 1. The van der Waals surface area contributed by atoms with Crippen molar-refractivity contribution in [2.75, 3.05) is 0 Å². The molecular weight excluding hydrogens is 329 g/mol. The third-order valence-electron chi connectivity index (χ3n) is 3.37. The van der Waals surface area contributed by atoms with Gasteiger partial charge in [-0.05, 0) is 35.2 Å². The van der Waals surface area contributed by atoms with Gasteiger partial charge in [0.1, 0.15) is 5.69 Å². The van der Waals surface area contributed by atoms with Crippen LogP contribution >= 0.6 is 11.6 Å². The number of nitrogens with two attached hydrogens (primary N) is 1. The van der Waals surface area contributed by atoms with Crippen LogP contribution in [0.3, 0.4) is 0 Å². The van der Waals surface area contributed by atoms with Gasteiger partial charge in [-0.1, -0.05) is 31.5 Å². The molecule has 0 aliphatic rings. The Morgan fingerprint density at radius 2 is 1.87 bits per heavy atom. The van der Waals surface area contributed by atoms with Crippen LogP contribution in [-0.2, 0) is 6.18 Å². The molecule has 23 heavy (non-hydrogen) atoms. The topological polar surface area (TPSA) is 56.0 Å². The number of amides is 1. The summed E-state index contributed by atoms with van der Waals surface area (Å²) >= 11 is 5.97. The predicted octanol–water partition coefficient (Wildman–Crippen LogP) is 4.64. The Kier molecular flexibility index (Phi) is 4.66. The zero-order chi connectivity index (χ0) is 17.4. The lowest BCUT2D eigenvalue weighted by atomic mass is 9.91. The predicted molar refractivity (Wildman–Crippen MR) is 82.3 cm³/mol. The molecule has 0 aliphatic carbocycles. The Labute approximate surface area is 136 Å². The summed E-state index contributed by atoms with van der Waals surface area (Å²) in [6.07, 6.45) is -3.96. The SMILES string of the molecule is CC(C)c1cc(Cl)ccc1-c1cc(C(F)(F)F)cnc1C(N)=O. The molecule has 1 aromatic heterocycles. The van der Waals surface area contributed by atoms with Crippen molar-refractivity contribution in [1.29, 1.82) is 0 Å². The van der Waals surface area contributed by atoms with Gasteiger partial charge in [-0.15, -0.1) is 0 Å². The zero-order valence-electron chi connectivity index (χ0n) is 12.4. The molecule has 0 bridgehead atoms. The first-order valence-electron chi connectivity index (χ1n) is 6.78. The summed E-state index contributed by atoms with van der Waals surface area (Å²) < 4.78 is 38.9. The Balaban J connectivity index is 2.78. The first-order valence-corrected chi connectivity index (χ1v) is 7.16. The minimum atomic E-state index is -4.57. The van der Waals surface area contributed by atoms with Crippen LogP contribution in [0.25, 0.3) is 11.1 Å². The average molecular weight is 343 g/mol. The maximum atomic E-state index is 13.0. The monoisotopic (exact) mass is 342 g/mol. The highest BCUT2D eigenvalue weighted by atomic mass is 35.5. The maximum Gasteiger partial charge on any atom is 0.417 e. The van der Waals surface area contributed by atoms with E-state index in [2.05, 4.69) is 4.98 Å². The first kappa shape index (κ1) is 17.3. The number of pyridine rings is 1. The minimum Gasteiger partial charge on any atom is -0.364 e. The third-order valence-corrected chi connectivity index (χ3v) is 3.61. The molecule has 1 amide bonds. The van der Waals surface area contributed by atoms with Gasteiger partial charge in [0.2, 0.25) is 0 Å². The maximum absolute atomic E-state index is 13.0. The smallest absolute Gasteiger partial charge is 0.364 e. The van der Waals surface area contributed by atoms with Crippen molar-refractivity contribution in [3.63, 3.8) is 0 Å². The van der Waals surface area contributed by atoms with Crippen molar-refractivity contribution in [3.8, 4) is 11.1 Å². The van der Waals surface area contributed by atoms with Crippen LogP contribution in [0, 0.1) is 0 Å². The van der Waals surface area contributed by atoms with E-state index in [1.807, 2.05) is 13.8 Å². The summed E-state index contributed by atoms with van der Waals surface area (Å²) in [6.45, 7) is 3.75. The molecule has 0 aliphatic heterocycles. The van der Waals surface area contributed by atoms with E-state index >= 15 is 0 Å². The van der Waals surface area contributed by atoms with E-state index in [1.54, 1.807) is 18.2 Å². The Hall–Kier alpha value is -2.08. The van der Waals surface area contributed by atoms with Gasteiger partial charge in [-0.2, -0.15) is 13.2 Å². The fourth-order valence-electron chi connectivity index (χ4n) is 2.28. The van der Waals surface area contributed by atoms with E-state index < -0.39 is 17.6 Å². The van der Waals surface area contributed by atoms with Crippen molar-refractivity contribution >= 4 is 17.5 Å². The molecule has 0 spiro atoms. The summed E-state index contributed by atoms with van der Waals surface area (Å²) in [6, 6.07) is 5.67. The van der Waals surface area contributed by atoms with Crippen LogP contribution < -0.4 is 5.73 Å². The van der Waals surface area contributed by atoms with E-state index in [4.69, 9.17) is 17.3 Å². The van der Waals surface area contributed by atoms with E-state index in [9.17, 15) is 18.0 Å². The summed E-state index contributed by atoms with van der Waals surface area (Å²) in [5.41, 5.74) is 5.32. The zero-order valence-corrected chi connectivity index (χ0v) is 13.2. The van der Waals surface area contributed by atoms with Gasteiger partial charge in [0.15, 0.2) is 0 Å². The molecule has 7 heteroatoms. The van der Waals surface area contributed by atoms with Crippen LogP contribution in [0.2, 0.25) is 5.02 Å². The Morgan fingerprint density at radius 3 is 2.39 bits per heavy atom. The molecule has 3 nitrogen and oxygen atoms in total. The van der Waals surface area contributed by atoms with Crippen molar-refractivity contribution in [2.24, 2.45) is 5.73 Å². The molecule has 0 unspecified atom stereocenters. The summed E-state index contributed by atoms with van der Waals surface area (Å²) in [4.78, 5) is 15.2. The second-order valence-corrected chi connectivity index (χ2v) is 5.80. The highest BCUT2D eigenvalue weighted by molar-refractivity contribution is 6.30. The number of hydrogen-bond acceptors (Lipinski definition) is 2. The number of primary amides is 1. The van der Waals surface area contributed by atoms with Crippen LogP contribution in [0.5, 0.6) is 0 Å².